The van der Waals surface area contributed by atoms with Crippen molar-refractivity contribution in [2.75, 3.05) is 24.7 Å². The summed E-state index contributed by atoms with van der Waals surface area (Å²) in [6.07, 6.45) is 0. The van der Waals surface area contributed by atoms with Crippen LogP contribution in [-0.2, 0) is 10.5 Å². The first kappa shape index (κ1) is 18.9. The van der Waals surface area contributed by atoms with Gasteiger partial charge in [0.1, 0.15) is 0 Å². The number of hydrogen-bond donors (Lipinski definition) is 2. The maximum atomic E-state index is 12.1. The highest BCUT2D eigenvalue weighted by atomic mass is 32.2. The minimum Gasteiger partial charge on any atom is -0.378 e. The second kappa shape index (κ2) is 9.13. The van der Waals surface area contributed by atoms with E-state index in [9.17, 15) is 9.59 Å². The van der Waals surface area contributed by atoms with E-state index in [1.165, 1.54) is 22.9 Å². The number of hydrogen-bond acceptors (Lipinski definition) is 4. The Kier molecular flexibility index (Phi) is 6.89. The number of nitrogens with one attached hydrogen (secondary N) is 2. The first-order chi connectivity index (χ1) is 12.0. The maximum Gasteiger partial charge on any atom is 0.269 e. The fourth-order valence-electron chi connectivity index (χ4n) is 2.22. The third-order valence-corrected chi connectivity index (χ3v) is 4.53. The smallest absolute Gasteiger partial charge is 0.269 e. The third-order valence-electron chi connectivity index (χ3n) is 3.52. The van der Waals surface area contributed by atoms with Gasteiger partial charge in [-0.15, -0.1) is 11.8 Å². The Morgan fingerprint density at radius 2 is 1.80 bits per heavy atom. The number of amides is 2. The van der Waals surface area contributed by atoms with E-state index in [-0.39, 0.29) is 17.6 Å². The highest BCUT2D eigenvalue weighted by Gasteiger charge is 2.09. The van der Waals surface area contributed by atoms with Crippen molar-refractivity contribution < 1.29 is 9.59 Å². The predicted octanol–water partition coefficient (Wildman–Crippen LogP) is 2.76. The minimum atomic E-state index is -0.333. The Balaban J connectivity index is 1.76. The molecule has 0 aliphatic heterocycles. The van der Waals surface area contributed by atoms with Gasteiger partial charge < -0.3 is 4.90 Å². The van der Waals surface area contributed by atoms with Gasteiger partial charge >= 0.3 is 0 Å². The van der Waals surface area contributed by atoms with Gasteiger partial charge in [-0.3, -0.25) is 20.4 Å². The Morgan fingerprint density at radius 1 is 1.04 bits per heavy atom. The number of benzene rings is 2. The molecule has 6 heteroatoms. The fraction of sp³-hybridized carbons (Fsp3) is 0.263. The number of carbonyl (C=O) groups excluding carboxylic acids is 2. The van der Waals surface area contributed by atoms with Gasteiger partial charge in [0.2, 0.25) is 5.91 Å². The van der Waals surface area contributed by atoms with Crippen molar-refractivity contribution in [2.45, 2.75) is 12.7 Å². The van der Waals surface area contributed by atoms with Crippen LogP contribution >= 0.6 is 11.8 Å². The Bertz CT molecular complexity index is 747. The van der Waals surface area contributed by atoms with Crippen LogP contribution in [0.4, 0.5) is 5.69 Å². The lowest BCUT2D eigenvalue weighted by Gasteiger charge is -2.13. The molecule has 0 unspecified atom stereocenters. The second-order valence-electron chi connectivity index (χ2n) is 5.93. The fourth-order valence-corrected chi connectivity index (χ4v) is 3.00. The normalized spacial score (nSPS) is 10.2. The van der Waals surface area contributed by atoms with Gasteiger partial charge in [-0.1, -0.05) is 35.9 Å². The first-order valence-corrected chi connectivity index (χ1v) is 9.11. The molecule has 0 heterocycles. The van der Waals surface area contributed by atoms with Crippen molar-refractivity contribution >= 4 is 29.3 Å². The number of anilines is 1. The molecular formula is C19H23N3O2S. The van der Waals surface area contributed by atoms with Crippen LogP contribution in [0.1, 0.15) is 21.5 Å². The van der Waals surface area contributed by atoms with E-state index in [0.29, 0.717) is 5.56 Å². The van der Waals surface area contributed by atoms with Crippen LogP contribution in [0.15, 0.2) is 48.5 Å². The second-order valence-corrected chi connectivity index (χ2v) is 6.91. The number of carbonyl (C=O) groups is 2. The van der Waals surface area contributed by atoms with Gasteiger partial charge in [-0.05, 0) is 30.7 Å². The average Bonchev–Trinajstić information content (AvgIpc) is 2.60. The molecule has 0 aliphatic carbocycles. The monoisotopic (exact) mass is 357 g/mol. The van der Waals surface area contributed by atoms with Gasteiger partial charge in [0.05, 0.1) is 5.75 Å². The molecule has 2 aromatic carbocycles. The Labute approximate surface area is 152 Å². The molecule has 132 valence electrons. The van der Waals surface area contributed by atoms with Gasteiger partial charge in [0, 0.05) is 31.1 Å². The van der Waals surface area contributed by atoms with E-state index < -0.39 is 0 Å². The van der Waals surface area contributed by atoms with Gasteiger partial charge in [0.15, 0.2) is 0 Å². The molecule has 0 aliphatic rings. The molecule has 0 saturated heterocycles. The van der Waals surface area contributed by atoms with E-state index >= 15 is 0 Å². The lowest BCUT2D eigenvalue weighted by Crippen LogP contribution is -2.42. The molecular weight excluding hydrogens is 334 g/mol. The summed E-state index contributed by atoms with van der Waals surface area (Å²) in [6.45, 7) is 2.04. The predicted molar refractivity (Wildman–Crippen MR) is 104 cm³/mol. The molecule has 2 amide bonds. The number of aryl methyl sites for hydroxylation is 1. The third kappa shape index (κ3) is 6.15. The average molecular weight is 357 g/mol. The number of nitrogens with zero attached hydrogens (tertiary/aromatic N) is 1. The van der Waals surface area contributed by atoms with Crippen molar-refractivity contribution in [3.05, 3.63) is 65.2 Å². The van der Waals surface area contributed by atoms with Crippen molar-refractivity contribution in [1.29, 1.82) is 0 Å². The zero-order valence-corrected chi connectivity index (χ0v) is 15.5. The zero-order chi connectivity index (χ0) is 18.2. The van der Waals surface area contributed by atoms with Crippen LogP contribution in [0.25, 0.3) is 0 Å². The molecule has 2 aromatic rings. The molecule has 0 saturated carbocycles. The zero-order valence-electron chi connectivity index (χ0n) is 14.7. The van der Waals surface area contributed by atoms with Crippen LogP contribution in [0.5, 0.6) is 0 Å². The number of thioether (sulfide) groups is 1. The molecule has 0 radical (unpaired) electrons. The van der Waals surface area contributed by atoms with Crippen molar-refractivity contribution in [2.24, 2.45) is 0 Å². The van der Waals surface area contributed by atoms with Crippen molar-refractivity contribution in [1.82, 2.24) is 10.9 Å². The standard InChI is InChI=1S/C19H23N3O2S/c1-14-6-4-7-15(10-14)12-25-13-18(23)20-21-19(24)16-8-5-9-17(11-16)22(2)3/h4-11H,12-13H2,1-3H3,(H,20,23)(H,21,24). The largest absolute Gasteiger partial charge is 0.378 e. The van der Waals surface area contributed by atoms with E-state index in [1.807, 2.05) is 56.3 Å². The summed E-state index contributed by atoms with van der Waals surface area (Å²) in [5.74, 6) is 0.482. The van der Waals surface area contributed by atoms with Crippen LogP contribution in [0.3, 0.4) is 0 Å². The molecule has 0 atom stereocenters. The van der Waals surface area contributed by atoms with Gasteiger partial charge in [-0.25, -0.2) is 0 Å². The topological polar surface area (TPSA) is 61.4 Å². The Hall–Kier alpha value is -2.47. The Morgan fingerprint density at radius 3 is 2.52 bits per heavy atom. The first-order valence-electron chi connectivity index (χ1n) is 7.95. The summed E-state index contributed by atoms with van der Waals surface area (Å²) < 4.78 is 0. The maximum absolute atomic E-state index is 12.1. The highest BCUT2D eigenvalue weighted by Crippen LogP contribution is 2.14. The highest BCUT2D eigenvalue weighted by molar-refractivity contribution is 7.99. The van der Waals surface area contributed by atoms with Crippen LogP contribution < -0.4 is 15.8 Å². The SMILES string of the molecule is Cc1cccc(CSCC(=O)NNC(=O)c2cccc(N(C)C)c2)c1. The summed E-state index contributed by atoms with van der Waals surface area (Å²) in [7, 11) is 3.81. The van der Waals surface area contributed by atoms with Gasteiger partial charge in [-0.2, -0.15) is 0 Å². The summed E-state index contributed by atoms with van der Waals surface area (Å²) in [4.78, 5) is 25.9. The summed E-state index contributed by atoms with van der Waals surface area (Å²) in [5.41, 5.74) is 8.72. The molecule has 2 N–H and O–H groups in total. The molecule has 0 fully saturated rings. The van der Waals surface area contributed by atoms with E-state index in [2.05, 4.69) is 16.9 Å². The number of rotatable bonds is 6. The minimum absolute atomic E-state index is 0.227. The summed E-state index contributed by atoms with van der Waals surface area (Å²) >= 11 is 1.51. The lowest BCUT2D eigenvalue weighted by molar-refractivity contribution is -0.119. The number of hydrazine groups is 1. The van der Waals surface area contributed by atoms with Crippen LogP contribution in [0.2, 0.25) is 0 Å². The summed E-state index contributed by atoms with van der Waals surface area (Å²) in [6, 6.07) is 15.4. The van der Waals surface area contributed by atoms with Crippen molar-refractivity contribution in [3.63, 3.8) is 0 Å². The van der Waals surface area contributed by atoms with E-state index in [0.717, 1.165) is 11.4 Å². The van der Waals surface area contributed by atoms with Crippen molar-refractivity contribution in [3.8, 4) is 0 Å². The van der Waals surface area contributed by atoms with Crippen LogP contribution in [0, 0.1) is 6.92 Å². The molecule has 25 heavy (non-hydrogen) atoms. The molecule has 0 spiro atoms. The quantitative estimate of drug-likeness (QED) is 0.781. The van der Waals surface area contributed by atoms with Crippen LogP contribution in [-0.4, -0.2) is 31.7 Å². The molecule has 2 rings (SSSR count). The van der Waals surface area contributed by atoms with Gasteiger partial charge in [0.25, 0.3) is 5.91 Å². The van der Waals surface area contributed by atoms with E-state index in [4.69, 9.17) is 0 Å². The molecule has 0 bridgehead atoms. The molecule has 5 nitrogen and oxygen atoms in total. The van der Waals surface area contributed by atoms with E-state index in [1.54, 1.807) is 12.1 Å². The lowest BCUT2D eigenvalue weighted by atomic mass is 10.2. The molecule has 0 aromatic heterocycles. The summed E-state index contributed by atoms with van der Waals surface area (Å²) in [5, 5.41) is 0.